The molecule has 1 aliphatic rings. The molecule has 0 atom stereocenters. The lowest BCUT2D eigenvalue weighted by Crippen LogP contribution is -2.47. The molecule has 0 bridgehead atoms. The Kier molecular flexibility index (Phi) is 7.21. The van der Waals surface area contributed by atoms with E-state index in [4.69, 9.17) is 9.97 Å². The Morgan fingerprint density at radius 1 is 0.722 bits per heavy atom. The smallest absolute Gasteiger partial charge is 0.229 e. The van der Waals surface area contributed by atoms with E-state index in [0.29, 0.717) is 0 Å². The SMILES string of the molecule is CN(C)c1cc(Nc2cccc(CCc3ccccc3)c2)nc(N2CCN(c3ncccn3)CC2)n1. The monoisotopic (exact) mass is 480 g/mol. The number of hydrogen-bond acceptors (Lipinski definition) is 8. The molecule has 1 saturated heterocycles. The lowest BCUT2D eigenvalue weighted by atomic mass is 10.0. The first-order chi connectivity index (χ1) is 17.6. The summed E-state index contributed by atoms with van der Waals surface area (Å²) in [6.45, 7) is 3.27. The second-order valence-corrected chi connectivity index (χ2v) is 9.14. The highest BCUT2D eigenvalue weighted by Crippen LogP contribution is 2.24. The van der Waals surface area contributed by atoms with E-state index in [0.717, 1.165) is 68.2 Å². The van der Waals surface area contributed by atoms with Crippen molar-refractivity contribution in [2.45, 2.75) is 12.8 Å². The zero-order chi connectivity index (χ0) is 24.7. The molecule has 0 aliphatic carbocycles. The van der Waals surface area contributed by atoms with Gasteiger partial charge >= 0.3 is 0 Å². The molecule has 0 amide bonds. The van der Waals surface area contributed by atoms with Gasteiger partial charge in [0.25, 0.3) is 0 Å². The molecule has 0 spiro atoms. The third-order valence-electron chi connectivity index (χ3n) is 6.30. The largest absolute Gasteiger partial charge is 0.363 e. The van der Waals surface area contributed by atoms with E-state index in [1.54, 1.807) is 12.4 Å². The van der Waals surface area contributed by atoms with Crippen LogP contribution in [0.3, 0.4) is 0 Å². The molecule has 2 aromatic carbocycles. The van der Waals surface area contributed by atoms with Crippen molar-refractivity contribution in [3.8, 4) is 0 Å². The third kappa shape index (κ3) is 5.89. The van der Waals surface area contributed by atoms with Crippen LogP contribution in [-0.2, 0) is 12.8 Å². The molecule has 4 aromatic rings. The first-order valence-electron chi connectivity index (χ1n) is 12.4. The molecule has 3 heterocycles. The van der Waals surface area contributed by atoms with Crippen molar-refractivity contribution >= 4 is 29.2 Å². The Morgan fingerprint density at radius 2 is 1.39 bits per heavy atom. The number of anilines is 5. The molecule has 2 aromatic heterocycles. The van der Waals surface area contributed by atoms with Crippen LogP contribution in [0.4, 0.5) is 29.2 Å². The summed E-state index contributed by atoms with van der Waals surface area (Å²) >= 11 is 0. The van der Waals surface area contributed by atoms with Crippen LogP contribution in [0.25, 0.3) is 0 Å². The van der Waals surface area contributed by atoms with Gasteiger partial charge in [-0.05, 0) is 42.2 Å². The molecule has 0 radical (unpaired) electrons. The van der Waals surface area contributed by atoms with Crippen molar-refractivity contribution < 1.29 is 0 Å². The molecule has 1 aliphatic heterocycles. The van der Waals surface area contributed by atoms with Gasteiger partial charge in [0, 0.05) is 64.4 Å². The van der Waals surface area contributed by atoms with Crippen molar-refractivity contribution in [3.63, 3.8) is 0 Å². The minimum atomic E-state index is 0.734. The Hall–Kier alpha value is -4.20. The first-order valence-corrected chi connectivity index (χ1v) is 12.4. The number of piperazine rings is 1. The van der Waals surface area contributed by atoms with Crippen LogP contribution in [0.1, 0.15) is 11.1 Å². The molecule has 8 nitrogen and oxygen atoms in total. The van der Waals surface area contributed by atoms with Gasteiger partial charge in [-0.3, -0.25) is 0 Å². The normalized spacial score (nSPS) is 13.5. The molecule has 8 heteroatoms. The van der Waals surface area contributed by atoms with E-state index in [9.17, 15) is 0 Å². The number of nitrogens with one attached hydrogen (secondary N) is 1. The van der Waals surface area contributed by atoms with Gasteiger partial charge in [0.05, 0.1) is 0 Å². The van der Waals surface area contributed by atoms with Crippen LogP contribution in [0.2, 0.25) is 0 Å². The average molecular weight is 481 g/mol. The highest BCUT2D eigenvalue weighted by molar-refractivity contribution is 5.62. The summed E-state index contributed by atoms with van der Waals surface area (Å²) in [6.07, 6.45) is 5.58. The second kappa shape index (κ2) is 11.0. The summed E-state index contributed by atoms with van der Waals surface area (Å²) in [5.74, 6) is 3.17. The van der Waals surface area contributed by atoms with E-state index in [2.05, 4.69) is 79.7 Å². The van der Waals surface area contributed by atoms with Gasteiger partial charge in [0.2, 0.25) is 11.9 Å². The van der Waals surface area contributed by atoms with Crippen LogP contribution in [0.15, 0.2) is 79.1 Å². The summed E-state index contributed by atoms with van der Waals surface area (Å²) in [6, 6.07) is 23.0. The van der Waals surface area contributed by atoms with E-state index < -0.39 is 0 Å². The van der Waals surface area contributed by atoms with Gasteiger partial charge in [-0.15, -0.1) is 0 Å². The van der Waals surface area contributed by atoms with Gasteiger partial charge in [-0.25, -0.2) is 9.97 Å². The highest BCUT2D eigenvalue weighted by Gasteiger charge is 2.22. The number of benzene rings is 2. The number of aryl methyl sites for hydroxylation is 2. The summed E-state index contributed by atoms with van der Waals surface area (Å²) in [5.41, 5.74) is 3.68. The average Bonchev–Trinajstić information content (AvgIpc) is 2.93. The van der Waals surface area contributed by atoms with Gasteiger partial charge < -0.3 is 20.0 Å². The minimum Gasteiger partial charge on any atom is -0.363 e. The fourth-order valence-electron chi connectivity index (χ4n) is 4.30. The molecule has 36 heavy (non-hydrogen) atoms. The van der Waals surface area contributed by atoms with Gasteiger partial charge in [-0.2, -0.15) is 9.97 Å². The molecular formula is C28H32N8. The lowest BCUT2D eigenvalue weighted by molar-refractivity contribution is 0.628. The van der Waals surface area contributed by atoms with E-state index in [1.165, 1.54) is 11.1 Å². The third-order valence-corrected chi connectivity index (χ3v) is 6.30. The molecule has 5 rings (SSSR count). The fraction of sp³-hybridized carbons (Fsp3) is 0.286. The zero-order valence-electron chi connectivity index (χ0n) is 20.9. The fourth-order valence-corrected chi connectivity index (χ4v) is 4.30. The minimum absolute atomic E-state index is 0.734. The van der Waals surface area contributed by atoms with Crippen LogP contribution in [-0.4, -0.2) is 60.2 Å². The van der Waals surface area contributed by atoms with Gasteiger partial charge in [0.15, 0.2) is 0 Å². The highest BCUT2D eigenvalue weighted by atomic mass is 15.4. The van der Waals surface area contributed by atoms with Crippen LogP contribution < -0.4 is 20.0 Å². The Balaban J connectivity index is 1.29. The van der Waals surface area contributed by atoms with E-state index in [-0.39, 0.29) is 0 Å². The topological polar surface area (TPSA) is 73.3 Å². The molecule has 1 N–H and O–H groups in total. The maximum atomic E-state index is 4.88. The molecule has 0 unspecified atom stereocenters. The van der Waals surface area contributed by atoms with E-state index in [1.807, 2.05) is 31.1 Å². The maximum Gasteiger partial charge on any atom is 0.229 e. The van der Waals surface area contributed by atoms with E-state index >= 15 is 0 Å². The van der Waals surface area contributed by atoms with Crippen molar-refractivity contribution in [3.05, 3.63) is 90.3 Å². The summed E-state index contributed by atoms with van der Waals surface area (Å²) in [4.78, 5) is 24.9. The number of aromatic nitrogens is 4. The Morgan fingerprint density at radius 3 is 2.11 bits per heavy atom. The standard InChI is InChI=1S/C28H32N8/c1-34(2)26-21-25(31-24-11-6-10-23(20-24)13-12-22-8-4-3-5-9-22)32-28(33-26)36-18-16-35(17-19-36)27-29-14-7-15-30-27/h3-11,14-15,20-21H,12-13,16-19H2,1-2H3,(H,31,32,33). The maximum absolute atomic E-state index is 4.88. The molecule has 0 saturated carbocycles. The molecule has 1 fully saturated rings. The Bertz CT molecular complexity index is 1260. The zero-order valence-corrected chi connectivity index (χ0v) is 20.9. The Labute approximate surface area is 212 Å². The lowest BCUT2D eigenvalue weighted by Gasteiger charge is -2.35. The van der Waals surface area contributed by atoms with Crippen LogP contribution in [0, 0.1) is 0 Å². The van der Waals surface area contributed by atoms with Crippen LogP contribution >= 0.6 is 0 Å². The van der Waals surface area contributed by atoms with Crippen molar-refractivity contribution in [1.82, 2.24) is 19.9 Å². The molecule has 184 valence electrons. The second-order valence-electron chi connectivity index (χ2n) is 9.14. The molecular weight excluding hydrogens is 448 g/mol. The predicted molar refractivity (Wildman–Crippen MR) is 146 cm³/mol. The summed E-state index contributed by atoms with van der Waals surface area (Å²) in [7, 11) is 4.01. The van der Waals surface area contributed by atoms with Crippen molar-refractivity contribution in [2.75, 3.05) is 60.3 Å². The van der Waals surface area contributed by atoms with Crippen LogP contribution in [0.5, 0.6) is 0 Å². The number of nitrogens with zero attached hydrogens (tertiary/aromatic N) is 7. The number of rotatable bonds is 8. The first kappa shape index (κ1) is 23.5. The predicted octanol–water partition coefficient (Wildman–Crippen LogP) is 4.19. The van der Waals surface area contributed by atoms with Gasteiger partial charge in [-0.1, -0.05) is 42.5 Å². The van der Waals surface area contributed by atoms with Crippen molar-refractivity contribution in [2.24, 2.45) is 0 Å². The van der Waals surface area contributed by atoms with Gasteiger partial charge in [0.1, 0.15) is 11.6 Å². The number of hydrogen-bond donors (Lipinski definition) is 1. The summed E-state index contributed by atoms with van der Waals surface area (Å²) in [5, 5.41) is 3.52. The summed E-state index contributed by atoms with van der Waals surface area (Å²) < 4.78 is 0. The van der Waals surface area contributed by atoms with Crippen molar-refractivity contribution in [1.29, 1.82) is 0 Å². The quantitative estimate of drug-likeness (QED) is 0.403.